The molecule has 0 amide bonds. The zero-order valence-corrected chi connectivity index (χ0v) is 10.7. The average molecular weight is 264 g/mol. The van der Waals surface area contributed by atoms with Crippen LogP contribution in [0.3, 0.4) is 0 Å². The monoisotopic (exact) mass is 264 g/mol. The summed E-state index contributed by atoms with van der Waals surface area (Å²) in [5.41, 5.74) is 0.288. The Balaban J connectivity index is 2.76. The smallest absolute Gasteiger partial charge is 0.246 e. The summed E-state index contributed by atoms with van der Waals surface area (Å²) >= 11 is 0. The molecule has 17 heavy (non-hydrogen) atoms. The first-order valence-corrected chi connectivity index (χ1v) is 6.46. The largest absolute Gasteiger partial charge is 0.389 e. The molecule has 0 radical (unpaired) electrons. The van der Waals surface area contributed by atoms with E-state index in [-0.39, 0.29) is 29.5 Å². The predicted molar refractivity (Wildman–Crippen MR) is 59.0 cm³/mol. The molecule has 1 heterocycles. The number of aromatic nitrogens is 1. The van der Waals surface area contributed by atoms with Crippen molar-refractivity contribution in [2.75, 3.05) is 20.3 Å². The second-order valence-electron chi connectivity index (χ2n) is 3.61. The Kier molecular flexibility index (Phi) is 4.63. The van der Waals surface area contributed by atoms with Crippen molar-refractivity contribution in [3.05, 3.63) is 11.5 Å². The fourth-order valence-corrected chi connectivity index (χ4v) is 2.79. The average Bonchev–Trinajstić information content (AvgIpc) is 2.57. The third-order valence-electron chi connectivity index (χ3n) is 2.10. The lowest BCUT2D eigenvalue weighted by Crippen LogP contribution is -2.34. The van der Waals surface area contributed by atoms with Crippen LogP contribution in [0.15, 0.2) is 9.42 Å². The van der Waals surface area contributed by atoms with Crippen LogP contribution >= 0.6 is 0 Å². The van der Waals surface area contributed by atoms with Crippen LogP contribution in [0.1, 0.15) is 11.5 Å². The molecule has 1 aromatic rings. The van der Waals surface area contributed by atoms with Gasteiger partial charge in [-0.25, -0.2) is 13.1 Å². The van der Waals surface area contributed by atoms with Gasteiger partial charge in [-0.05, 0) is 13.8 Å². The van der Waals surface area contributed by atoms with E-state index in [4.69, 9.17) is 9.26 Å². The lowest BCUT2D eigenvalue weighted by molar-refractivity contribution is 0.0679. The van der Waals surface area contributed by atoms with Gasteiger partial charge in [0.2, 0.25) is 10.0 Å². The normalized spacial score (nSPS) is 13.9. The Morgan fingerprint density at radius 1 is 1.53 bits per heavy atom. The van der Waals surface area contributed by atoms with E-state index in [1.54, 1.807) is 0 Å². The number of hydrogen-bond acceptors (Lipinski definition) is 6. The van der Waals surface area contributed by atoms with Gasteiger partial charge in [0.05, 0.1) is 12.7 Å². The Morgan fingerprint density at radius 2 is 2.18 bits per heavy atom. The van der Waals surface area contributed by atoms with Gasteiger partial charge in [0.1, 0.15) is 10.6 Å². The van der Waals surface area contributed by atoms with Gasteiger partial charge in [-0.2, -0.15) is 0 Å². The molecule has 0 fully saturated rings. The minimum atomic E-state index is -3.71. The Morgan fingerprint density at radius 3 is 2.65 bits per heavy atom. The van der Waals surface area contributed by atoms with E-state index in [0.29, 0.717) is 0 Å². The summed E-state index contributed by atoms with van der Waals surface area (Å²) in [7, 11) is -2.29. The van der Waals surface area contributed by atoms with E-state index in [0.717, 1.165) is 0 Å². The highest BCUT2D eigenvalue weighted by molar-refractivity contribution is 7.89. The molecule has 0 saturated carbocycles. The predicted octanol–water partition coefficient (Wildman–Crippen LogP) is -0.423. The summed E-state index contributed by atoms with van der Waals surface area (Å²) in [5.74, 6) is 0.219. The van der Waals surface area contributed by atoms with E-state index in [9.17, 15) is 13.5 Å². The lowest BCUT2D eigenvalue weighted by Gasteiger charge is -2.10. The maximum absolute atomic E-state index is 11.9. The van der Waals surface area contributed by atoms with E-state index >= 15 is 0 Å². The maximum atomic E-state index is 11.9. The van der Waals surface area contributed by atoms with Crippen molar-refractivity contribution in [3.63, 3.8) is 0 Å². The Bertz CT molecular complexity index is 448. The minimum Gasteiger partial charge on any atom is -0.389 e. The van der Waals surface area contributed by atoms with Gasteiger partial charge in [0.25, 0.3) is 0 Å². The fourth-order valence-electron chi connectivity index (χ4n) is 1.39. The van der Waals surface area contributed by atoms with Gasteiger partial charge in [-0.1, -0.05) is 5.16 Å². The van der Waals surface area contributed by atoms with Gasteiger partial charge >= 0.3 is 0 Å². The summed E-state index contributed by atoms with van der Waals surface area (Å²) in [6, 6.07) is 0. The summed E-state index contributed by atoms with van der Waals surface area (Å²) in [5, 5.41) is 12.9. The van der Waals surface area contributed by atoms with Crippen molar-refractivity contribution in [1.82, 2.24) is 9.88 Å². The molecule has 1 atom stereocenters. The molecule has 1 unspecified atom stereocenters. The number of rotatable bonds is 6. The van der Waals surface area contributed by atoms with Crippen molar-refractivity contribution in [3.8, 4) is 0 Å². The number of hydrogen-bond donors (Lipinski definition) is 2. The summed E-state index contributed by atoms with van der Waals surface area (Å²) < 4.78 is 35.5. The molecular formula is C9H16N2O5S. The molecule has 0 spiro atoms. The molecule has 0 aliphatic carbocycles. The number of aryl methyl sites for hydroxylation is 2. The molecule has 0 aliphatic rings. The first-order chi connectivity index (χ1) is 7.88. The molecule has 1 aromatic heterocycles. The van der Waals surface area contributed by atoms with Crippen LogP contribution in [-0.4, -0.2) is 45.0 Å². The first-order valence-electron chi connectivity index (χ1n) is 4.98. The standard InChI is InChI=1S/C9H16N2O5S/c1-6-9(7(2)16-11-6)17(13,14)10-4-8(12)5-15-3/h8,10,12H,4-5H2,1-3H3. The van der Waals surface area contributed by atoms with Gasteiger partial charge in [-0.3, -0.25) is 0 Å². The highest BCUT2D eigenvalue weighted by atomic mass is 32.2. The van der Waals surface area contributed by atoms with E-state index in [1.807, 2.05) is 0 Å². The van der Waals surface area contributed by atoms with Crippen LogP contribution in [-0.2, 0) is 14.8 Å². The number of nitrogens with one attached hydrogen (secondary N) is 1. The summed E-state index contributed by atoms with van der Waals surface area (Å²) in [6.45, 7) is 2.99. The van der Waals surface area contributed by atoms with Gasteiger partial charge in [-0.15, -0.1) is 0 Å². The van der Waals surface area contributed by atoms with Gasteiger partial charge in [0.15, 0.2) is 5.76 Å². The van der Waals surface area contributed by atoms with Crippen molar-refractivity contribution in [1.29, 1.82) is 0 Å². The van der Waals surface area contributed by atoms with Crippen LogP contribution in [0.4, 0.5) is 0 Å². The number of aliphatic hydroxyl groups is 1. The second kappa shape index (κ2) is 5.58. The first kappa shape index (κ1) is 14.1. The molecule has 0 saturated heterocycles. The number of ether oxygens (including phenoxy) is 1. The number of sulfonamides is 1. The molecule has 98 valence electrons. The maximum Gasteiger partial charge on any atom is 0.246 e. The van der Waals surface area contributed by atoms with E-state index < -0.39 is 16.1 Å². The van der Waals surface area contributed by atoms with Crippen LogP contribution in [0.2, 0.25) is 0 Å². The van der Waals surface area contributed by atoms with E-state index in [1.165, 1.54) is 21.0 Å². The Hall–Kier alpha value is -0.960. The molecule has 0 aromatic carbocycles. The minimum absolute atomic E-state index is 0.0158. The number of methoxy groups -OCH3 is 1. The second-order valence-corrected chi connectivity index (χ2v) is 5.32. The van der Waals surface area contributed by atoms with Crippen LogP contribution in [0.25, 0.3) is 0 Å². The third-order valence-corrected chi connectivity index (χ3v) is 3.77. The van der Waals surface area contributed by atoms with Crippen molar-refractivity contribution < 1.29 is 22.8 Å². The van der Waals surface area contributed by atoms with Crippen molar-refractivity contribution in [2.45, 2.75) is 24.8 Å². The Labute approximate surface area is 99.8 Å². The van der Waals surface area contributed by atoms with Crippen LogP contribution in [0.5, 0.6) is 0 Å². The summed E-state index contributed by atoms with van der Waals surface area (Å²) in [6.07, 6.45) is -0.893. The quantitative estimate of drug-likeness (QED) is 0.723. The van der Waals surface area contributed by atoms with Crippen molar-refractivity contribution in [2.24, 2.45) is 0 Å². The molecule has 0 bridgehead atoms. The molecular weight excluding hydrogens is 248 g/mol. The fraction of sp³-hybridized carbons (Fsp3) is 0.667. The zero-order valence-electron chi connectivity index (χ0n) is 9.93. The van der Waals surface area contributed by atoms with E-state index in [2.05, 4.69) is 9.88 Å². The summed E-state index contributed by atoms with van der Waals surface area (Å²) in [4.78, 5) is 0.0158. The highest BCUT2D eigenvalue weighted by Gasteiger charge is 2.24. The molecule has 7 nitrogen and oxygen atoms in total. The topological polar surface area (TPSA) is 102 Å². The zero-order chi connectivity index (χ0) is 13.1. The number of aliphatic hydroxyl groups excluding tert-OH is 1. The van der Waals surface area contributed by atoms with Gasteiger partial charge < -0.3 is 14.4 Å². The van der Waals surface area contributed by atoms with Gasteiger partial charge in [0, 0.05) is 13.7 Å². The highest BCUT2D eigenvalue weighted by Crippen LogP contribution is 2.18. The molecule has 2 N–H and O–H groups in total. The third kappa shape index (κ3) is 3.50. The molecule has 0 aliphatic heterocycles. The van der Waals surface area contributed by atoms with Crippen LogP contribution < -0.4 is 4.72 Å². The molecule has 1 rings (SSSR count). The lowest BCUT2D eigenvalue weighted by atomic mass is 10.4. The van der Waals surface area contributed by atoms with Crippen LogP contribution in [0, 0.1) is 13.8 Å². The molecule has 8 heteroatoms. The SMILES string of the molecule is COCC(O)CNS(=O)(=O)c1c(C)noc1C. The van der Waals surface area contributed by atoms with Crippen molar-refractivity contribution >= 4 is 10.0 Å². The number of nitrogens with zero attached hydrogens (tertiary/aromatic N) is 1.